The second kappa shape index (κ2) is 4.99. The summed E-state index contributed by atoms with van der Waals surface area (Å²) in [7, 11) is 0. The fourth-order valence-electron chi connectivity index (χ4n) is 1.75. The lowest BCUT2D eigenvalue weighted by Gasteiger charge is -2.24. The van der Waals surface area contributed by atoms with E-state index in [1.165, 1.54) is 0 Å². The van der Waals surface area contributed by atoms with Crippen molar-refractivity contribution in [3.8, 4) is 0 Å². The molecular weight excluding hydrogens is 202 g/mol. The average molecular weight is 219 g/mol. The van der Waals surface area contributed by atoms with Gasteiger partial charge in [-0.05, 0) is 13.0 Å². The maximum Gasteiger partial charge on any atom is 0.0667 e. The molecule has 1 fully saturated rings. The van der Waals surface area contributed by atoms with Gasteiger partial charge in [-0.1, -0.05) is 18.2 Å². The molecule has 4 heteroatoms. The topological polar surface area (TPSA) is 50.8 Å². The minimum Gasteiger partial charge on any atom is -0.398 e. The molecule has 1 heterocycles. The summed E-state index contributed by atoms with van der Waals surface area (Å²) in [5.41, 5.74) is 8.64. The third-order valence-electron chi connectivity index (χ3n) is 2.63. The Balaban J connectivity index is 2.14. The Hall–Kier alpha value is -1.55. The minimum atomic E-state index is 0.751. The molecule has 1 aliphatic heterocycles. The average Bonchev–Trinajstić information content (AvgIpc) is 2.31. The first kappa shape index (κ1) is 11.0. The number of anilines is 1. The third-order valence-corrected chi connectivity index (χ3v) is 2.63. The zero-order chi connectivity index (χ0) is 11.4. The molecule has 86 valence electrons. The van der Waals surface area contributed by atoms with Crippen molar-refractivity contribution < 1.29 is 4.74 Å². The first-order valence-corrected chi connectivity index (χ1v) is 5.50. The summed E-state index contributed by atoms with van der Waals surface area (Å²) in [6, 6.07) is 7.80. The van der Waals surface area contributed by atoms with E-state index in [1.807, 2.05) is 36.2 Å². The fourth-order valence-corrected chi connectivity index (χ4v) is 1.75. The Morgan fingerprint density at radius 1 is 1.31 bits per heavy atom. The number of para-hydroxylation sites is 1. The van der Waals surface area contributed by atoms with Gasteiger partial charge in [0.25, 0.3) is 0 Å². The summed E-state index contributed by atoms with van der Waals surface area (Å²) in [6.07, 6.45) is 0. The Kier molecular flexibility index (Phi) is 3.41. The molecule has 16 heavy (non-hydrogen) atoms. The number of hydrazone groups is 1. The maximum absolute atomic E-state index is 5.90. The molecule has 0 bridgehead atoms. The first-order chi connectivity index (χ1) is 7.77. The number of ether oxygens (including phenoxy) is 1. The molecule has 1 aliphatic rings. The zero-order valence-electron chi connectivity index (χ0n) is 9.52. The zero-order valence-corrected chi connectivity index (χ0v) is 9.52. The van der Waals surface area contributed by atoms with Gasteiger partial charge < -0.3 is 10.5 Å². The molecular formula is C12H17N3O. The van der Waals surface area contributed by atoms with Crippen LogP contribution in [0.4, 0.5) is 5.69 Å². The van der Waals surface area contributed by atoms with Crippen LogP contribution < -0.4 is 5.73 Å². The number of nitrogens with zero attached hydrogens (tertiary/aromatic N) is 2. The van der Waals surface area contributed by atoms with Crippen LogP contribution in [0.3, 0.4) is 0 Å². The summed E-state index contributed by atoms with van der Waals surface area (Å²) >= 11 is 0. The third kappa shape index (κ3) is 2.52. The van der Waals surface area contributed by atoms with Gasteiger partial charge in [-0.2, -0.15) is 5.10 Å². The van der Waals surface area contributed by atoms with E-state index in [2.05, 4.69) is 5.10 Å². The van der Waals surface area contributed by atoms with Crippen LogP contribution in [-0.2, 0) is 4.74 Å². The second-order valence-electron chi connectivity index (χ2n) is 3.84. The number of hydrogen-bond donors (Lipinski definition) is 1. The molecule has 0 saturated carbocycles. The Morgan fingerprint density at radius 2 is 2.00 bits per heavy atom. The molecule has 4 nitrogen and oxygen atoms in total. The van der Waals surface area contributed by atoms with Crippen LogP contribution in [0.25, 0.3) is 0 Å². The minimum absolute atomic E-state index is 0.751. The highest BCUT2D eigenvalue weighted by molar-refractivity contribution is 6.02. The molecule has 0 amide bonds. The van der Waals surface area contributed by atoms with Crippen LogP contribution >= 0.6 is 0 Å². The summed E-state index contributed by atoms with van der Waals surface area (Å²) in [5.74, 6) is 0. The molecule has 0 aromatic heterocycles. The lowest BCUT2D eigenvalue weighted by atomic mass is 10.1. The highest BCUT2D eigenvalue weighted by Gasteiger charge is 2.09. The molecule has 2 N–H and O–H groups in total. The van der Waals surface area contributed by atoms with Crippen LogP contribution in [0.1, 0.15) is 12.5 Å². The molecule has 0 radical (unpaired) electrons. The smallest absolute Gasteiger partial charge is 0.0667 e. The maximum atomic E-state index is 5.90. The van der Waals surface area contributed by atoms with Crippen molar-refractivity contribution in [3.05, 3.63) is 29.8 Å². The van der Waals surface area contributed by atoms with Gasteiger partial charge >= 0.3 is 0 Å². The van der Waals surface area contributed by atoms with Crippen LogP contribution in [0.15, 0.2) is 29.4 Å². The highest BCUT2D eigenvalue weighted by Crippen LogP contribution is 2.12. The molecule has 1 aromatic rings. The predicted octanol–water partition coefficient (Wildman–Crippen LogP) is 1.33. The van der Waals surface area contributed by atoms with E-state index in [-0.39, 0.29) is 0 Å². The van der Waals surface area contributed by atoms with Crippen LogP contribution in [0.5, 0.6) is 0 Å². The van der Waals surface area contributed by atoms with E-state index in [1.54, 1.807) is 0 Å². The van der Waals surface area contributed by atoms with Gasteiger partial charge in [-0.25, -0.2) is 0 Å². The summed E-state index contributed by atoms with van der Waals surface area (Å²) < 4.78 is 5.28. The summed E-state index contributed by atoms with van der Waals surface area (Å²) in [6.45, 7) is 5.19. The lowest BCUT2D eigenvalue weighted by Crippen LogP contribution is -2.33. The number of benzene rings is 1. The van der Waals surface area contributed by atoms with Crippen molar-refractivity contribution in [3.63, 3.8) is 0 Å². The van der Waals surface area contributed by atoms with Gasteiger partial charge in [0.2, 0.25) is 0 Å². The summed E-state index contributed by atoms with van der Waals surface area (Å²) in [5, 5.41) is 6.59. The van der Waals surface area contributed by atoms with Gasteiger partial charge in [0.15, 0.2) is 0 Å². The Labute approximate surface area is 95.7 Å². The predicted molar refractivity (Wildman–Crippen MR) is 65.5 cm³/mol. The monoisotopic (exact) mass is 219 g/mol. The molecule has 0 unspecified atom stereocenters. The van der Waals surface area contributed by atoms with E-state index in [9.17, 15) is 0 Å². The molecule has 0 atom stereocenters. The SMILES string of the molecule is C/C(=N\N1CCOCC1)c1ccccc1N. The molecule has 1 aromatic carbocycles. The second-order valence-corrected chi connectivity index (χ2v) is 3.84. The Bertz CT molecular complexity index is 384. The van der Waals surface area contributed by atoms with Gasteiger partial charge in [0.05, 0.1) is 32.0 Å². The fraction of sp³-hybridized carbons (Fsp3) is 0.417. The van der Waals surface area contributed by atoms with Crippen molar-refractivity contribution in [2.75, 3.05) is 32.0 Å². The standard InChI is InChI=1S/C12H17N3O/c1-10(11-4-2-3-5-12(11)13)14-15-6-8-16-9-7-15/h2-5H,6-9,13H2,1H3/b14-10+. The van der Waals surface area contributed by atoms with Crippen LogP contribution in [0, 0.1) is 0 Å². The number of morpholine rings is 1. The number of rotatable bonds is 2. The van der Waals surface area contributed by atoms with Gasteiger partial charge in [-0.3, -0.25) is 5.01 Å². The number of hydrogen-bond acceptors (Lipinski definition) is 4. The molecule has 0 spiro atoms. The Morgan fingerprint density at radius 3 is 2.69 bits per heavy atom. The molecule has 1 saturated heterocycles. The van der Waals surface area contributed by atoms with Crippen molar-refractivity contribution in [2.24, 2.45) is 5.10 Å². The number of nitrogen functional groups attached to an aromatic ring is 1. The van der Waals surface area contributed by atoms with Gasteiger partial charge in [-0.15, -0.1) is 0 Å². The van der Waals surface area contributed by atoms with Crippen molar-refractivity contribution in [2.45, 2.75) is 6.92 Å². The van der Waals surface area contributed by atoms with Crippen molar-refractivity contribution in [1.29, 1.82) is 0 Å². The summed E-state index contributed by atoms with van der Waals surface area (Å²) in [4.78, 5) is 0. The van der Waals surface area contributed by atoms with Gasteiger partial charge in [0, 0.05) is 11.3 Å². The van der Waals surface area contributed by atoms with E-state index in [0.29, 0.717) is 0 Å². The molecule has 0 aliphatic carbocycles. The van der Waals surface area contributed by atoms with E-state index in [0.717, 1.165) is 43.3 Å². The highest BCUT2D eigenvalue weighted by atomic mass is 16.5. The molecule has 2 rings (SSSR count). The van der Waals surface area contributed by atoms with Crippen LogP contribution in [-0.4, -0.2) is 37.0 Å². The normalized spacial score (nSPS) is 17.6. The van der Waals surface area contributed by atoms with E-state index < -0.39 is 0 Å². The van der Waals surface area contributed by atoms with Crippen molar-refractivity contribution in [1.82, 2.24) is 5.01 Å². The first-order valence-electron chi connectivity index (χ1n) is 5.50. The number of nitrogens with two attached hydrogens (primary N) is 1. The quantitative estimate of drug-likeness (QED) is 0.603. The van der Waals surface area contributed by atoms with E-state index >= 15 is 0 Å². The van der Waals surface area contributed by atoms with Crippen LogP contribution in [0.2, 0.25) is 0 Å². The van der Waals surface area contributed by atoms with Crippen molar-refractivity contribution >= 4 is 11.4 Å². The lowest BCUT2D eigenvalue weighted by molar-refractivity contribution is 0.0393. The van der Waals surface area contributed by atoms with Gasteiger partial charge in [0.1, 0.15) is 0 Å². The largest absolute Gasteiger partial charge is 0.398 e. The van der Waals surface area contributed by atoms with E-state index in [4.69, 9.17) is 10.5 Å².